The van der Waals surface area contributed by atoms with Gasteiger partial charge in [-0.05, 0) is 49.6 Å². The van der Waals surface area contributed by atoms with Crippen LogP contribution in [0.15, 0.2) is 34.7 Å². The minimum atomic E-state index is 0.181. The number of carbonyl (C=O) groups is 1. The summed E-state index contributed by atoms with van der Waals surface area (Å²) in [5.41, 5.74) is 1.03. The molecular formula is C18H19NO4. The highest BCUT2D eigenvalue weighted by atomic mass is 16.7. The van der Waals surface area contributed by atoms with Gasteiger partial charge < -0.3 is 18.8 Å². The van der Waals surface area contributed by atoms with Crippen molar-refractivity contribution in [2.24, 2.45) is 5.92 Å². The Kier molecular flexibility index (Phi) is 3.48. The summed E-state index contributed by atoms with van der Waals surface area (Å²) in [6, 6.07) is 9.68. The van der Waals surface area contributed by atoms with E-state index >= 15 is 0 Å². The number of hydrogen-bond acceptors (Lipinski definition) is 4. The third-order valence-electron chi connectivity index (χ3n) is 4.19. The molecule has 0 unspecified atom stereocenters. The minimum Gasteiger partial charge on any atom is -0.464 e. The molecule has 1 aliphatic heterocycles. The van der Waals surface area contributed by atoms with Crippen LogP contribution in [0.2, 0.25) is 0 Å². The number of rotatable bonds is 5. The molecule has 4 rings (SSSR count). The first kappa shape index (κ1) is 14.2. The van der Waals surface area contributed by atoms with E-state index in [1.165, 1.54) is 0 Å². The van der Waals surface area contributed by atoms with E-state index in [4.69, 9.17) is 13.9 Å². The van der Waals surface area contributed by atoms with Gasteiger partial charge >= 0.3 is 0 Å². The highest BCUT2D eigenvalue weighted by molar-refractivity contribution is 5.81. The van der Waals surface area contributed by atoms with E-state index in [2.05, 4.69) is 0 Å². The van der Waals surface area contributed by atoms with E-state index in [9.17, 15) is 4.79 Å². The van der Waals surface area contributed by atoms with Gasteiger partial charge in [-0.1, -0.05) is 6.07 Å². The molecule has 1 aromatic carbocycles. The molecule has 1 aliphatic carbocycles. The normalized spacial score (nSPS) is 15.7. The second kappa shape index (κ2) is 5.65. The van der Waals surface area contributed by atoms with Crippen molar-refractivity contribution in [2.45, 2.75) is 32.9 Å². The molecule has 1 saturated carbocycles. The van der Waals surface area contributed by atoms with Gasteiger partial charge in [-0.15, -0.1) is 0 Å². The van der Waals surface area contributed by atoms with Gasteiger partial charge in [0.2, 0.25) is 12.7 Å². The fraction of sp³-hybridized carbons (Fsp3) is 0.389. The Hall–Kier alpha value is -2.43. The van der Waals surface area contributed by atoms with Crippen molar-refractivity contribution in [1.29, 1.82) is 0 Å². The lowest BCUT2D eigenvalue weighted by molar-refractivity contribution is -0.134. The van der Waals surface area contributed by atoms with Crippen LogP contribution in [0.1, 0.15) is 29.9 Å². The van der Waals surface area contributed by atoms with Crippen molar-refractivity contribution in [3.63, 3.8) is 0 Å². The van der Waals surface area contributed by atoms with Gasteiger partial charge in [0.1, 0.15) is 11.5 Å². The van der Waals surface area contributed by atoms with Crippen LogP contribution in [0.4, 0.5) is 0 Å². The average Bonchev–Trinajstić information content (AvgIpc) is 3.15. The van der Waals surface area contributed by atoms with Crippen molar-refractivity contribution in [3.8, 4) is 11.5 Å². The zero-order chi connectivity index (χ0) is 15.8. The van der Waals surface area contributed by atoms with Crippen molar-refractivity contribution < 1.29 is 18.7 Å². The van der Waals surface area contributed by atoms with Crippen LogP contribution >= 0.6 is 0 Å². The number of furan rings is 1. The summed E-state index contributed by atoms with van der Waals surface area (Å²) < 4.78 is 16.4. The van der Waals surface area contributed by atoms with Crippen molar-refractivity contribution >= 4 is 5.91 Å². The lowest BCUT2D eigenvalue weighted by Crippen LogP contribution is -2.31. The maximum atomic E-state index is 12.6. The Bertz CT molecular complexity index is 732. The molecule has 5 heteroatoms. The van der Waals surface area contributed by atoms with Gasteiger partial charge in [0.25, 0.3) is 0 Å². The first-order chi connectivity index (χ1) is 11.2. The van der Waals surface area contributed by atoms with Crippen LogP contribution in [0.25, 0.3) is 0 Å². The minimum absolute atomic E-state index is 0.181. The summed E-state index contributed by atoms with van der Waals surface area (Å²) >= 11 is 0. The van der Waals surface area contributed by atoms with Gasteiger partial charge in [0.15, 0.2) is 11.5 Å². The number of ether oxygens (including phenoxy) is 2. The molecule has 0 spiro atoms. The molecule has 23 heavy (non-hydrogen) atoms. The van der Waals surface area contributed by atoms with Crippen LogP contribution in [0.3, 0.4) is 0 Å². The first-order valence-corrected chi connectivity index (χ1v) is 7.92. The largest absolute Gasteiger partial charge is 0.464 e. The number of amides is 1. The van der Waals surface area contributed by atoms with Gasteiger partial charge in [-0.25, -0.2) is 0 Å². The summed E-state index contributed by atoms with van der Waals surface area (Å²) in [7, 11) is 0. The standard InChI is InChI=1S/C18H19NO4/c1-12-2-6-15(23-12)10-19(18(20)14-4-5-14)9-13-3-7-16-17(8-13)22-11-21-16/h2-3,6-8,14H,4-5,9-11H2,1H3. The molecule has 2 aliphatic rings. The lowest BCUT2D eigenvalue weighted by Gasteiger charge is -2.22. The van der Waals surface area contributed by atoms with Crippen LogP contribution < -0.4 is 9.47 Å². The number of carbonyl (C=O) groups excluding carboxylic acids is 1. The second-order valence-electron chi connectivity index (χ2n) is 6.17. The van der Waals surface area contributed by atoms with Gasteiger partial charge in [0, 0.05) is 12.5 Å². The monoisotopic (exact) mass is 313 g/mol. The zero-order valence-electron chi connectivity index (χ0n) is 13.1. The van der Waals surface area contributed by atoms with Crippen LogP contribution in [-0.4, -0.2) is 17.6 Å². The summed E-state index contributed by atoms with van der Waals surface area (Å²) in [5, 5.41) is 0. The SMILES string of the molecule is Cc1ccc(CN(Cc2ccc3c(c2)OCO3)C(=O)C2CC2)o1. The molecule has 1 fully saturated rings. The topological polar surface area (TPSA) is 51.9 Å². The highest BCUT2D eigenvalue weighted by Gasteiger charge is 2.34. The van der Waals surface area contributed by atoms with Crippen molar-refractivity contribution in [1.82, 2.24) is 4.90 Å². The van der Waals surface area contributed by atoms with E-state index in [-0.39, 0.29) is 18.6 Å². The summed E-state index contributed by atoms with van der Waals surface area (Å²) in [6.45, 7) is 3.22. The van der Waals surface area contributed by atoms with E-state index < -0.39 is 0 Å². The predicted molar refractivity (Wildman–Crippen MR) is 83.0 cm³/mol. The number of hydrogen-bond donors (Lipinski definition) is 0. The Balaban J connectivity index is 1.53. The van der Waals surface area contributed by atoms with E-state index in [1.807, 2.05) is 42.2 Å². The second-order valence-corrected chi connectivity index (χ2v) is 6.17. The predicted octanol–water partition coefficient (Wildman–Crippen LogP) is 3.26. The highest BCUT2D eigenvalue weighted by Crippen LogP contribution is 2.35. The van der Waals surface area contributed by atoms with Crippen molar-refractivity contribution in [2.75, 3.05) is 6.79 Å². The maximum Gasteiger partial charge on any atom is 0.231 e. The zero-order valence-corrected chi connectivity index (χ0v) is 13.1. The first-order valence-electron chi connectivity index (χ1n) is 7.92. The molecule has 0 radical (unpaired) electrons. The molecule has 0 saturated heterocycles. The fourth-order valence-electron chi connectivity index (χ4n) is 2.82. The van der Waals surface area contributed by atoms with Crippen LogP contribution in [0, 0.1) is 12.8 Å². The Morgan fingerprint density at radius 2 is 1.96 bits per heavy atom. The van der Waals surface area contributed by atoms with Crippen molar-refractivity contribution in [3.05, 3.63) is 47.4 Å². The molecule has 2 heterocycles. The third-order valence-corrected chi connectivity index (χ3v) is 4.19. The quantitative estimate of drug-likeness (QED) is 0.850. The number of benzene rings is 1. The average molecular weight is 313 g/mol. The van der Waals surface area contributed by atoms with E-state index in [0.717, 1.165) is 41.4 Å². The smallest absolute Gasteiger partial charge is 0.231 e. The van der Waals surface area contributed by atoms with Gasteiger partial charge in [-0.2, -0.15) is 0 Å². The molecular weight excluding hydrogens is 294 g/mol. The Morgan fingerprint density at radius 1 is 1.13 bits per heavy atom. The molecule has 2 aromatic rings. The molecule has 1 aromatic heterocycles. The summed E-state index contributed by atoms with van der Waals surface area (Å²) in [5.74, 6) is 3.57. The lowest BCUT2D eigenvalue weighted by atomic mass is 10.1. The number of fused-ring (bicyclic) bond motifs is 1. The van der Waals surface area contributed by atoms with E-state index in [0.29, 0.717) is 13.1 Å². The molecule has 0 atom stereocenters. The maximum absolute atomic E-state index is 12.6. The number of nitrogens with zero attached hydrogens (tertiary/aromatic N) is 1. The summed E-state index contributed by atoms with van der Waals surface area (Å²) in [6.07, 6.45) is 1.99. The van der Waals surface area contributed by atoms with Gasteiger partial charge in [-0.3, -0.25) is 4.79 Å². The fourth-order valence-corrected chi connectivity index (χ4v) is 2.82. The molecule has 0 N–H and O–H groups in total. The Morgan fingerprint density at radius 3 is 2.70 bits per heavy atom. The Labute approximate surface area is 134 Å². The number of aryl methyl sites for hydroxylation is 1. The molecule has 1 amide bonds. The molecule has 120 valence electrons. The van der Waals surface area contributed by atoms with Gasteiger partial charge in [0.05, 0.1) is 6.54 Å². The van der Waals surface area contributed by atoms with E-state index in [1.54, 1.807) is 0 Å². The van der Waals surface area contributed by atoms with Crippen LogP contribution in [0.5, 0.6) is 11.5 Å². The van der Waals surface area contributed by atoms with Crippen LogP contribution in [-0.2, 0) is 17.9 Å². The summed E-state index contributed by atoms with van der Waals surface area (Å²) in [4.78, 5) is 14.5. The molecule has 0 bridgehead atoms. The third kappa shape index (κ3) is 3.04. The molecule has 5 nitrogen and oxygen atoms in total.